The first-order valence-electron chi connectivity index (χ1n) is 4.80. The number of hydrogen-bond acceptors (Lipinski definition) is 5. The van der Waals surface area contributed by atoms with Crippen LogP contribution in [0.5, 0.6) is 0 Å². The number of nitrogens with one attached hydrogen (secondary N) is 3. The summed E-state index contributed by atoms with van der Waals surface area (Å²) >= 11 is 0. The number of aromatic nitrogens is 2. The highest BCUT2D eigenvalue weighted by molar-refractivity contribution is 5.94. The minimum absolute atomic E-state index is 0.205. The number of hydrogen-bond donors (Lipinski definition) is 3. The second-order valence-electron chi connectivity index (χ2n) is 2.99. The highest BCUT2D eigenvalue weighted by atomic mass is 16.5. The summed E-state index contributed by atoms with van der Waals surface area (Å²) in [5.74, 6) is -1.34. The van der Waals surface area contributed by atoms with Crippen molar-refractivity contribution in [3.63, 3.8) is 0 Å². The third-order valence-electron chi connectivity index (χ3n) is 1.70. The van der Waals surface area contributed by atoms with Crippen molar-refractivity contribution in [1.29, 1.82) is 0 Å². The molecule has 0 aliphatic carbocycles. The first kappa shape index (κ1) is 12.7. The number of H-pyrrole nitrogens is 2. The molecule has 8 heteroatoms. The van der Waals surface area contributed by atoms with E-state index in [1.165, 1.54) is 0 Å². The van der Waals surface area contributed by atoms with Crippen molar-refractivity contribution in [3.05, 3.63) is 32.6 Å². The zero-order valence-electron chi connectivity index (χ0n) is 9.03. The van der Waals surface area contributed by atoms with Gasteiger partial charge in [-0.2, -0.15) is 0 Å². The van der Waals surface area contributed by atoms with E-state index in [0.717, 1.165) is 6.07 Å². The summed E-state index contributed by atoms with van der Waals surface area (Å²) in [7, 11) is 0. The SMILES string of the molecule is CCOC(=O)CNC(=O)c1cc(=O)[nH]c(=O)[nH]1. The summed E-state index contributed by atoms with van der Waals surface area (Å²) in [5.41, 5.74) is -1.71. The molecule has 92 valence electrons. The molecule has 17 heavy (non-hydrogen) atoms. The molecule has 0 unspecified atom stereocenters. The van der Waals surface area contributed by atoms with Crippen molar-refractivity contribution in [3.8, 4) is 0 Å². The van der Waals surface area contributed by atoms with Gasteiger partial charge in [0.2, 0.25) is 0 Å². The van der Waals surface area contributed by atoms with E-state index in [4.69, 9.17) is 0 Å². The quantitative estimate of drug-likeness (QED) is 0.545. The zero-order chi connectivity index (χ0) is 12.8. The van der Waals surface area contributed by atoms with E-state index in [9.17, 15) is 19.2 Å². The van der Waals surface area contributed by atoms with Crippen LogP contribution in [-0.2, 0) is 9.53 Å². The topological polar surface area (TPSA) is 121 Å². The lowest BCUT2D eigenvalue weighted by molar-refractivity contribution is -0.141. The summed E-state index contributed by atoms with van der Waals surface area (Å²) in [6.45, 7) is 1.51. The van der Waals surface area contributed by atoms with Crippen LogP contribution in [0.1, 0.15) is 17.4 Å². The lowest BCUT2D eigenvalue weighted by Gasteiger charge is -2.04. The van der Waals surface area contributed by atoms with Gasteiger partial charge in [0.15, 0.2) is 0 Å². The van der Waals surface area contributed by atoms with Gasteiger partial charge in [-0.25, -0.2) is 4.79 Å². The summed E-state index contributed by atoms with van der Waals surface area (Å²) in [6, 6.07) is 0.919. The molecule has 1 rings (SSSR count). The number of rotatable bonds is 4. The monoisotopic (exact) mass is 241 g/mol. The Morgan fingerprint density at radius 1 is 1.35 bits per heavy atom. The molecule has 1 amide bonds. The van der Waals surface area contributed by atoms with Crippen molar-refractivity contribution < 1.29 is 14.3 Å². The van der Waals surface area contributed by atoms with Gasteiger partial charge >= 0.3 is 11.7 Å². The van der Waals surface area contributed by atoms with Crippen LogP contribution < -0.4 is 16.6 Å². The maximum Gasteiger partial charge on any atom is 0.326 e. The van der Waals surface area contributed by atoms with E-state index in [1.54, 1.807) is 6.92 Å². The highest BCUT2D eigenvalue weighted by Crippen LogP contribution is 1.85. The second-order valence-corrected chi connectivity index (χ2v) is 2.99. The van der Waals surface area contributed by atoms with Gasteiger partial charge in [-0.1, -0.05) is 0 Å². The molecule has 1 aromatic rings. The molecule has 0 saturated heterocycles. The van der Waals surface area contributed by atoms with E-state index in [0.29, 0.717) is 0 Å². The Bertz CT molecular complexity index is 502. The molecule has 3 N–H and O–H groups in total. The summed E-state index contributed by atoms with van der Waals surface area (Å²) in [6.07, 6.45) is 0. The largest absolute Gasteiger partial charge is 0.465 e. The average molecular weight is 241 g/mol. The maximum atomic E-state index is 11.4. The van der Waals surface area contributed by atoms with E-state index in [1.807, 2.05) is 4.98 Å². The van der Waals surface area contributed by atoms with Gasteiger partial charge < -0.3 is 15.0 Å². The molecule has 0 saturated carbocycles. The number of carbonyl (C=O) groups is 2. The van der Waals surface area contributed by atoms with Crippen LogP contribution in [-0.4, -0.2) is 35.0 Å². The average Bonchev–Trinajstić information content (AvgIpc) is 2.25. The fourth-order valence-corrected chi connectivity index (χ4v) is 1.05. The summed E-state index contributed by atoms with van der Waals surface area (Å²) < 4.78 is 4.58. The van der Waals surface area contributed by atoms with Crippen LogP contribution in [0.2, 0.25) is 0 Å². The van der Waals surface area contributed by atoms with Crippen molar-refractivity contribution >= 4 is 11.9 Å². The molecule has 0 fully saturated rings. The Morgan fingerprint density at radius 2 is 2.06 bits per heavy atom. The third-order valence-corrected chi connectivity index (χ3v) is 1.70. The number of amides is 1. The number of carbonyl (C=O) groups excluding carboxylic acids is 2. The normalized spacial score (nSPS) is 9.71. The minimum Gasteiger partial charge on any atom is -0.465 e. The Morgan fingerprint density at radius 3 is 2.65 bits per heavy atom. The number of esters is 1. The van der Waals surface area contributed by atoms with E-state index >= 15 is 0 Å². The molecule has 0 atom stereocenters. The van der Waals surface area contributed by atoms with Gasteiger partial charge in [-0.3, -0.25) is 19.4 Å². The lowest BCUT2D eigenvalue weighted by atomic mass is 10.4. The summed E-state index contributed by atoms with van der Waals surface area (Å²) in [5, 5.41) is 2.20. The van der Waals surface area contributed by atoms with Crippen molar-refractivity contribution in [2.24, 2.45) is 0 Å². The van der Waals surface area contributed by atoms with E-state index in [-0.39, 0.29) is 18.8 Å². The number of ether oxygens (including phenoxy) is 1. The smallest absolute Gasteiger partial charge is 0.326 e. The Labute approximate surface area is 95.0 Å². The standard InChI is InChI=1S/C9H11N3O5/c1-2-17-7(14)4-10-8(15)5-3-6(13)12-9(16)11-5/h3H,2,4H2,1H3,(H,10,15)(H2,11,12,13,16). The van der Waals surface area contributed by atoms with Crippen molar-refractivity contribution in [1.82, 2.24) is 15.3 Å². The van der Waals surface area contributed by atoms with Gasteiger partial charge in [0.1, 0.15) is 12.2 Å². The Balaban J connectivity index is 2.67. The minimum atomic E-state index is -0.793. The van der Waals surface area contributed by atoms with Crippen molar-refractivity contribution in [2.45, 2.75) is 6.92 Å². The molecule has 0 bridgehead atoms. The predicted octanol–water partition coefficient (Wildman–Crippen LogP) is -1.64. The fourth-order valence-electron chi connectivity index (χ4n) is 1.05. The molecule has 0 aromatic carbocycles. The van der Waals surface area contributed by atoms with Crippen LogP contribution >= 0.6 is 0 Å². The van der Waals surface area contributed by atoms with Gasteiger partial charge in [0.05, 0.1) is 6.61 Å². The fraction of sp³-hybridized carbons (Fsp3) is 0.333. The van der Waals surface area contributed by atoms with Crippen LogP contribution in [0.25, 0.3) is 0 Å². The molecule has 0 aliphatic rings. The molecule has 0 radical (unpaired) electrons. The Kier molecular flexibility index (Phi) is 4.21. The first-order valence-corrected chi connectivity index (χ1v) is 4.80. The first-order chi connectivity index (χ1) is 8.02. The highest BCUT2D eigenvalue weighted by Gasteiger charge is 2.10. The van der Waals surface area contributed by atoms with E-state index in [2.05, 4.69) is 15.0 Å². The molecule has 0 aliphatic heterocycles. The molecular formula is C9H11N3O5. The molecule has 0 spiro atoms. The maximum absolute atomic E-state index is 11.4. The summed E-state index contributed by atoms with van der Waals surface area (Å²) in [4.78, 5) is 48.2. The molecule has 1 aromatic heterocycles. The predicted molar refractivity (Wildman–Crippen MR) is 56.6 cm³/mol. The van der Waals surface area contributed by atoms with Crippen LogP contribution in [0, 0.1) is 0 Å². The molecule has 8 nitrogen and oxygen atoms in total. The molecular weight excluding hydrogens is 230 g/mol. The number of aromatic amines is 2. The van der Waals surface area contributed by atoms with Gasteiger partial charge in [0.25, 0.3) is 11.5 Å². The molecule has 1 heterocycles. The second kappa shape index (κ2) is 5.64. The Hall–Kier alpha value is -2.38. The van der Waals surface area contributed by atoms with E-state index < -0.39 is 23.1 Å². The lowest BCUT2D eigenvalue weighted by Crippen LogP contribution is -2.34. The van der Waals surface area contributed by atoms with Crippen molar-refractivity contribution in [2.75, 3.05) is 13.2 Å². The van der Waals surface area contributed by atoms with Crippen LogP contribution in [0.4, 0.5) is 0 Å². The van der Waals surface area contributed by atoms with Crippen LogP contribution in [0.3, 0.4) is 0 Å². The third kappa shape index (κ3) is 3.93. The van der Waals surface area contributed by atoms with Gasteiger partial charge in [0, 0.05) is 6.07 Å². The van der Waals surface area contributed by atoms with Gasteiger partial charge in [-0.05, 0) is 6.92 Å². The van der Waals surface area contributed by atoms with Crippen LogP contribution in [0.15, 0.2) is 15.7 Å². The zero-order valence-corrected chi connectivity index (χ0v) is 9.03. The van der Waals surface area contributed by atoms with Gasteiger partial charge in [-0.15, -0.1) is 0 Å².